The van der Waals surface area contributed by atoms with E-state index in [-0.39, 0.29) is 5.41 Å². The van der Waals surface area contributed by atoms with E-state index in [2.05, 4.69) is 231 Å². The Morgan fingerprint density at radius 1 is 0.400 bits per heavy atom. The van der Waals surface area contributed by atoms with Gasteiger partial charge < -0.3 is 4.90 Å². The Hall–Kier alpha value is -7.00. The summed E-state index contributed by atoms with van der Waals surface area (Å²) in [7, 11) is 0. The summed E-state index contributed by atoms with van der Waals surface area (Å²) in [5.74, 6) is 0. The van der Waals surface area contributed by atoms with Crippen molar-refractivity contribution in [1.82, 2.24) is 0 Å². The minimum Gasteiger partial charge on any atom is -0.310 e. The molecule has 284 valence electrons. The first kappa shape index (κ1) is 35.0. The van der Waals surface area contributed by atoms with Gasteiger partial charge in [0, 0.05) is 42.5 Å². The largest absolute Gasteiger partial charge is 0.310 e. The van der Waals surface area contributed by atoms with Gasteiger partial charge in [0.25, 0.3) is 0 Å². The van der Waals surface area contributed by atoms with Crippen molar-refractivity contribution in [3.8, 4) is 33.4 Å². The molecule has 2 aliphatic carbocycles. The first-order valence-corrected chi connectivity index (χ1v) is 21.7. The fraction of sp³-hybridized carbons (Fsp3) is 0.0690. The van der Waals surface area contributed by atoms with E-state index >= 15 is 0 Å². The van der Waals surface area contributed by atoms with Crippen LogP contribution in [0.25, 0.3) is 53.6 Å². The van der Waals surface area contributed by atoms with Gasteiger partial charge in [0.1, 0.15) is 0 Å². The number of nitrogens with zero attached hydrogens (tertiary/aromatic N) is 1. The summed E-state index contributed by atoms with van der Waals surface area (Å²) in [4.78, 5) is 2.49. The molecule has 10 aromatic rings. The average Bonchev–Trinajstić information content (AvgIpc) is 3.91. The summed E-state index contributed by atoms with van der Waals surface area (Å²) in [6.45, 7) is 4.73. The molecular formula is C58H41NS. The normalized spacial score (nSPS) is 14.1. The second-order valence-electron chi connectivity index (χ2n) is 16.8. The second-order valence-corrected chi connectivity index (χ2v) is 17.8. The monoisotopic (exact) mass is 783 g/mol. The topological polar surface area (TPSA) is 3.24 Å². The Kier molecular flexibility index (Phi) is 7.73. The molecule has 0 atom stereocenters. The first-order valence-electron chi connectivity index (χ1n) is 20.9. The van der Waals surface area contributed by atoms with Crippen LogP contribution in [0.5, 0.6) is 0 Å². The maximum atomic E-state index is 2.49. The molecule has 1 nitrogen and oxygen atoms in total. The van der Waals surface area contributed by atoms with Gasteiger partial charge in [-0.05, 0) is 97.6 Å². The summed E-state index contributed by atoms with van der Waals surface area (Å²) in [5.41, 5.74) is 18.6. The molecule has 0 unspecified atom stereocenters. The zero-order valence-corrected chi connectivity index (χ0v) is 34.4. The molecule has 12 rings (SSSR count). The molecule has 60 heavy (non-hydrogen) atoms. The molecule has 2 aliphatic rings. The Morgan fingerprint density at radius 3 is 1.67 bits per heavy atom. The van der Waals surface area contributed by atoms with Gasteiger partial charge in [-0.2, -0.15) is 0 Å². The Balaban J connectivity index is 1.10. The maximum Gasteiger partial charge on any atom is 0.0727 e. The van der Waals surface area contributed by atoms with E-state index < -0.39 is 5.41 Å². The molecule has 1 heterocycles. The van der Waals surface area contributed by atoms with Gasteiger partial charge in [-0.15, -0.1) is 11.3 Å². The number of fused-ring (bicyclic) bond motifs is 9. The molecule has 0 saturated carbocycles. The van der Waals surface area contributed by atoms with Crippen LogP contribution in [0.4, 0.5) is 17.1 Å². The average molecular weight is 784 g/mol. The van der Waals surface area contributed by atoms with Crippen LogP contribution in [-0.2, 0) is 10.8 Å². The molecule has 0 N–H and O–H groups in total. The van der Waals surface area contributed by atoms with Crippen molar-refractivity contribution < 1.29 is 0 Å². The van der Waals surface area contributed by atoms with E-state index in [1.165, 1.54) is 92.6 Å². The summed E-state index contributed by atoms with van der Waals surface area (Å²) >= 11 is 1.92. The lowest BCUT2D eigenvalue weighted by Gasteiger charge is -2.34. The van der Waals surface area contributed by atoms with Gasteiger partial charge in [-0.1, -0.05) is 190 Å². The second kappa shape index (κ2) is 13.3. The zero-order chi connectivity index (χ0) is 40.0. The van der Waals surface area contributed by atoms with Crippen LogP contribution in [0.1, 0.15) is 47.2 Å². The van der Waals surface area contributed by atoms with Crippen LogP contribution in [0, 0.1) is 0 Å². The van der Waals surface area contributed by atoms with E-state index in [1.54, 1.807) is 0 Å². The summed E-state index contributed by atoms with van der Waals surface area (Å²) in [6, 6.07) is 79.1. The van der Waals surface area contributed by atoms with Gasteiger partial charge in [-0.25, -0.2) is 0 Å². The molecule has 1 aromatic heterocycles. The minimum absolute atomic E-state index is 0.110. The minimum atomic E-state index is -0.463. The lowest BCUT2D eigenvalue weighted by Crippen LogP contribution is -2.28. The third-order valence-corrected chi connectivity index (χ3v) is 14.6. The molecule has 0 spiro atoms. The quantitative estimate of drug-likeness (QED) is 0.162. The van der Waals surface area contributed by atoms with Crippen molar-refractivity contribution in [3.05, 3.63) is 246 Å². The molecule has 0 fully saturated rings. The zero-order valence-electron chi connectivity index (χ0n) is 33.6. The molecule has 0 saturated heterocycles. The Labute approximate surface area is 355 Å². The van der Waals surface area contributed by atoms with E-state index in [9.17, 15) is 0 Å². The molecule has 9 aromatic carbocycles. The van der Waals surface area contributed by atoms with Crippen molar-refractivity contribution in [2.24, 2.45) is 0 Å². The van der Waals surface area contributed by atoms with Crippen molar-refractivity contribution in [2.75, 3.05) is 4.90 Å². The van der Waals surface area contributed by atoms with Crippen molar-refractivity contribution in [2.45, 2.75) is 24.7 Å². The van der Waals surface area contributed by atoms with Crippen LogP contribution < -0.4 is 4.90 Å². The van der Waals surface area contributed by atoms with Crippen molar-refractivity contribution in [3.63, 3.8) is 0 Å². The SMILES string of the molecule is CC1(C)c2ccccc2-c2c(N(c3ccc(-c4ccccc4)cc3)c3ccc4sc5c(C6(c7ccccc7)c7ccccc7-c7ccccc76)cccc5c4c3)cccc21. The van der Waals surface area contributed by atoms with E-state index in [0.717, 1.165) is 11.4 Å². The molecule has 0 radical (unpaired) electrons. The van der Waals surface area contributed by atoms with Crippen LogP contribution in [0.3, 0.4) is 0 Å². The fourth-order valence-electron chi connectivity index (χ4n) is 10.7. The van der Waals surface area contributed by atoms with E-state index in [1.807, 2.05) is 11.3 Å². The molecular weight excluding hydrogens is 743 g/mol. The highest BCUT2D eigenvalue weighted by atomic mass is 32.1. The van der Waals surface area contributed by atoms with E-state index in [4.69, 9.17) is 0 Å². The highest BCUT2D eigenvalue weighted by Crippen LogP contribution is 2.59. The van der Waals surface area contributed by atoms with Gasteiger partial charge in [0.05, 0.1) is 11.1 Å². The maximum absolute atomic E-state index is 2.49. The number of hydrogen-bond acceptors (Lipinski definition) is 2. The standard InChI is InChI=1S/C58H41NS/c1-57(2)48-25-12-11-23-46(48)55-51(57)28-16-30-53(55)59(41-33-31-39(32-34-41)38-17-5-3-6-18-38)42-35-36-54-47(37-42)45-24-15-29-52(56(45)60-54)58(40-19-7-4-8-20-40)49-26-13-9-21-43(49)44-22-10-14-27-50(44)58/h3-37H,1-2H3. The van der Waals surface area contributed by atoms with Crippen LogP contribution in [0.15, 0.2) is 212 Å². The first-order chi connectivity index (χ1) is 29.5. The predicted molar refractivity (Wildman–Crippen MR) is 254 cm³/mol. The Bertz CT molecular complexity index is 3240. The Morgan fingerprint density at radius 2 is 0.950 bits per heavy atom. The number of rotatable bonds is 6. The molecule has 0 amide bonds. The van der Waals surface area contributed by atoms with Gasteiger partial charge in [0.2, 0.25) is 0 Å². The molecule has 2 heteroatoms. The van der Waals surface area contributed by atoms with Crippen LogP contribution >= 0.6 is 11.3 Å². The highest BCUT2D eigenvalue weighted by molar-refractivity contribution is 7.26. The summed E-state index contributed by atoms with van der Waals surface area (Å²) in [6.07, 6.45) is 0. The molecule has 0 bridgehead atoms. The smallest absolute Gasteiger partial charge is 0.0727 e. The van der Waals surface area contributed by atoms with Crippen molar-refractivity contribution in [1.29, 1.82) is 0 Å². The van der Waals surface area contributed by atoms with Crippen LogP contribution in [-0.4, -0.2) is 0 Å². The van der Waals surface area contributed by atoms with Gasteiger partial charge in [-0.3, -0.25) is 0 Å². The van der Waals surface area contributed by atoms with Gasteiger partial charge >= 0.3 is 0 Å². The fourth-order valence-corrected chi connectivity index (χ4v) is 11.9. The van der Waals surface area contributed by atoms with Crippen LogP contribution in [0.2, 0.25) is 0 Å². The summed E-state index contributed by atoms with van der Waals surface area (Å²) < 4.78 is 2.61. The number of hydrogen-bond donors (Lipinski definition) is 0. The lowest BCUT2D eigenvalue weighted by atomic mass is 9.67. The summed E-state index contributed by atoms with van der Waals surface area (Å²) in [5, 5.41) is 2.56. The van der Waals surface area contributed by atoms with Gasteiger partial charge in [0.15, 0.2) is 0 Å². The third-order valence-electron chi connectivity index (χ3n) is 13.4. The van der Waals surface area contributed by atoms with E-state index in [0.29, 0.717) is 0 Å². The van der Waals surface area contributed by atoms with Crippen molar-refractivity contribution >= 4 is 48.6 Å². The predicted octanol–water partition coefficient (Wildman–Crippen LogP) is 15.9. The highest BCUT2D eigenvalue weighted by Gasteiger charge is 2.47. The number of benzene rings is 9. The molecule has 0 aliphatic heterocycles. The number of anilines is 3. The lowest BCUT2D eigenvalue weighted by molar-refractivity contribution is 0.660. The number of thiophene rings is 1. The third kappa shape index (κ3) is 4.92.